The molecule has 6 rings (SSSR count). The van der Waals surface area contributed by atoms with E-state index in [9.17, 15) is 9.59 Å². The summed E-state index contributed by atoms with van der Waals surface area (Å²) < 4.78 is 17.6. The zero-order valence-corrected chi connectivity index (χ0v) is 26.6. The third-order valence-electron chi connectivity index (χ3n) is 8.35. The van der Waals surface area contributed by atoms with Gasteiger partial charge in [0.1, 0.15) is 30.0 Å². The van der Waals surface area contributed by atoms with Crippen LogP contribution in [0.15, 0.2) is 121 Å². The molecular weight excluding hydrogens is 588 g/mol. The number of hydrogen-bond donors (Lipinski definition) is 1. The molecule has 1 heterocycles. The lowest BCUT2D eigenvalue weighted by molar-refractivity contribution is 0.0595. The highest BCUT2D eigenvalue weighted by Crippen LogP contribution is 2.27. The maximum Gasteiger partial charge on any atom is 0.255 e. The number of nitrogens with zero attached hydrogens (tertiary/aromatic N) is 1. The van der Waals surface area contributed by atoms with Gasteiger partial charge < -0.3 is 24.4 Å². The number of hydrogen-bond acceptors (Lipinski definition) is 5. The average molecular weight is 627 g/mol. The summed E-state index contributed by atoms with van der Waals surface area (Å²) in [5.41, 5.74) is 6.15. The lowest BCUT2D eigenvalue weighted by atomic mass is 10.0. The van der Waals surface area contributed by atoms with E-state index in [0.717, 1.165) is 52.2 Å². The number of nitrogens with one attached hydrogen (secondary N) is 1. The molecule has 0 radical (unpaired) electrons. The van der Waals surface area contributed by atoms with Crippen LogP contribution in [0.25, 0.3) is 11.1 Å². The summed E-state index contributed by atoms with van der Waals surface area (Å²) in [6, 6.07) is 38.5. The van der Waals surface area contributed by atoms with E-state index in [0.29, 0.717) is 36.7 Å². The molecule has 0 atom stereocenters. The van der Waals surface area contributed by atoms with Crippen LogP contribution in [0.4, 0.5) is 5.69 Å². The lowest BCUT2D eigenvalue weighted by Crippen LogP contribution is -2.41. The maximum absolute atomic E-state index is 12.8. The van der Waals surface area contributed by atoms with E-state index in [1.54, 1.807) is 7.11 Å². The molecule has 1 N–H and O–H groups in total. The molecule has 1 saturated heterocycles. The number of benzene rings is 5. The number of anilines is 1. The Morgan fingerprint density at radius 1 is 0.723 bits per heavy atom. The second-order valence-corrected chi connectivity index (χ2v) is 11.7. The molecule has 0 bridgehead atoms. The van der Waals surface area contributed by atoms with Gasteiger partial charge in [-0.25, -0.2) is 0 Å². The van der Waals surface area contributed by atoms with E-state index < -0.39 is 0 Å². The molecule has 0 aliphatic carbocycles. The fourth-order valence-corrected chi connectivity index (χ4v) is 5.58. The number of rotatable bonds is 10. The third kappa shape index (κ3) is 8.00. The second-order valence-electron chi connectivity index (χ2n) is 11.7. The molecule has 238 valence electrons. The number of carbonyl (C=O) groups is 2. The van der Waals surface area contributed by atoms with Gasteiger partial charge in [0.15, 0.2) is 0 Å². The van der Waals surface area contributed by atoms with Crippen LogP contribution in [0.1, 0.15) is 44.7 Å². The zero-order valence-electron chi connectivity index (χ0n) is 26.6. The highest BCUT2D eigenvalue weighted by Gasteiger charge is 2.24. The highest BCUT2D eigenvalue weighted by atomic mass is 16.5. The normalized spacial score (nSPS) is 13.1. The van der Waals surface area contributed by atoms with Crippen LogP contribution in [-0.4, -0.2) is 43.0 Å². The van der Waals surface area contributed by atoms with Crippen molar-refractivity contribution in [2.24, 2.45) is 0 Å². The molecule has 7 heteroatoms. The number of piperidine rings is 1. The fraction of sp³-hybridized carbons (Fsp3) is 0.200. The Hall–Kier alpha value is -5.56. The van der Waals surface area contributed by atoms with Gasteiger partial charge in [0, 0.05) is 37.1 Å². The summed E-state index contributed by atoms with van der Waals surface area (Å²) in [5, 5.41) is 2.90. The van der Waals surface area contributed by atoms with Crippen molar-refractivity contribution in [3.8, 4) is 28.4 Å². The van der Waals surface area contributed by atoms with Gasteiger partial charge in [-0.2, -0.15) is 0 Å². The monoisotopic (exact) mass is 626 g/mol. The van der Waals surface area contributed by atoms with Crippen LogP contribution in [0.2, 0.25) is 0 Å². The van der Waals surface area contributed by atoms with Crippen LogP contribution in [0.5, 0.6) is 17.2 Å². The number of aryl methyl sites for hydroxylation is 1. The summed E-state index contributed by atoms with van der Waals surface area (Å²) in [7, 11) is 1.58. The number of para-hydroxylation sites is 2. The van der Waals surface area contributed by atoms with Gasteiger partial charge in [0.05, 0.1) is 12.8 Å². The van der Waals surface area contributed by atoms with E-state index in [1.807, 2.05) is 133 Å². The van der Waals surface area contributed by atoms with Gasteiger partial charge in [-0.05, 0) is 84.3 Å². The molecule has 0 unspecified atom stereocenters. The van der Waals surface area contributed by atoms with Crippen LogP contribution < -0.4 is 19.5 Å². The smallest absolute Gasteiger partial charge is 0.255 e. The van der Waals surface area contributed by atoms with Crippen LogP contribution in [0, 0.1) is 6.92 Å². The number of likely N-dealkylation sites (tertiary alicyclic amines) is 1. The third-order valence-corrected chi connectivity index (χ3v) is 8.35. The van der Waals surface area contributed by atoms with Gasteiger partial charge in [-0.1, -0.05) is 66.2 Å². The van der Waals surface area contributed by atoms with Crippen molar-refractivity contribution in [1.82, 2.24) is 4.90 Å². The molecular formula is C40H38N2O5. The standard InChI is InChI=1S/C40H38N2O5/c1-28-7-11-33(12-8-28)40(44)42-25-23-36(24-26-42)47-35-19-9-29(10-20-35)27-46-34-21-17-31(18-22-34)30-13-15-32(16-14-30)39(43)41-37-5-3-4-6-38(37)45-2/h3-22,36H,23-27H2,1-2H3,(H,41,43). The quantitative estimate of drug-likeness (QED) is 0.169. The minimum absolute atomic E-state index is 0.0867. The average Bonchev–Trinajstić information content (AvgIpc) is 3.12. The first kappa shape index (κ1) is 31.4. The Bertz CT molecular complexity index is 1790. The van der Waals surface area contributed by atoms with Crippen LogP contribution >= 0.6 is 0 Å². The van der Waals surface area contributed by atoms with Crippen LogP contribution in [0.3, 0.4) is 0 Å². The summed E-state index contributed by atoms with van der Waals surface area (Å²) in [5.74, 6) is 2.10. The summed E-state index contributed by atoms with van der Waals surface area (Å²) in [6.45, 7) is 3.84. The molecule has 47 heavy (non-hydrogen) atoms. The van der Waals surface area contributed by atoms with Gasteiger partial charge in [0.2, 0.25) is 0 Å². The topological polar surface area (TPSA) is 77.1 Å². The first-order chi connectivity index (χ1) is 22.9. The van der Waals surface area contributed by atoms with Crippen molar-refractivity contribution in [3.05, 3.63) is 144 Å². The lowest BCUT2D eigenvalue weighted by Gasteiger charge is -2.32. The largest absolute Gasteiger partial charge is 0.495 e. The van der Waals surface area contributed by atoms with Crippen molar-refractivity contribution >= 4 is 17.5 Å². The van der Waals surface area contributed by atoms with E-state index >= 15 is 0 Å². The number of methoxy groups -OCH3 is 1. The molecule has 0 saturated carbocycles. The minimum atomic E-state index is -0.197. The number of carbonyl (C=O) groups excluding carboxylic acids is 2. The van der Waals surface area contributed by atoms with Crippen molar-refractivity contribution < 1.29 is 23.8 Å². The SMILES string of the molecule is COc1ccccc1NC(=O)c1ccc(-c2ccc(OCc3ccc(OC4CCN(C(=O)c5ccc(C)cc5)CC4)cc3)cc2)cc1. The molecule has 1 aliphatic rings. The first-order valence-corrected chi connectivity index (χ1v) is 15.8. The highest BCUT2D eigenvalue weighted by molar-refractivity contribution is 6.05. The van der Waals surface area contributed by atoms with Gasteiger partial charge in [0.25, 0.3) is 11.8 Å². The Balaban J connectivity index is 0.954. The van der Waals surface area contributed by atoms with E-state index in [-0.39, 0.29) is 17.9 Å². The molecule has 2 amide bonds. The van der Waals surface area contributed by atoms with E-state index in [2.05, 4.69) is 5.32 Å². The summed E-state index contributed by atoms with van der Waals surface area (Å²) >= 11 is 0. The zero-order chi connectivity index (χ0) is 32.6. The number of amides is 2. The van der Waals surface area contributed by atoms with E-state index in [4.69, 9.17) is 14.2 Å². The van der Waals surface area contributed by atoms with E-state index in [1.165, 1.54) is 0 Å². The Labute approximate surface area is 275 Å². The summed E-state index contributed by atoms with van der Waals surface area (Å²) in [6.07, 6.45) is 1.70. The molecule has 5 aromatic rings. The molecule has 7 nitrogen and oxygen atoms in total. The van der Waals surface area contributed by atoms with Crippen molar-refractivity contribution in [2.75, 3.05) is 25.5 Å². The molecule has 0 aromatic heterocycles. The van der Waals surface area contributed by atoms with Crippen molar-refractivity contribution in [1.29, 1.82) is 0 Å². The first-order valence-electron chi connectivity index (χ1n) is 15.8. The maximum atomic E-state index is 12.8. The Kier molecular flexibility index (Phi) is 9.82. The predicted molar refractivity (Wildman–Crippen MR) is 184 cm³/mol. The summed E-state index contributed by atoms with van der Waals surface area (Å²) in [4.78, 5) is 27.5. The van der Waals surface area contributed by atoms with Crippen molar-refractivity contribution in [2.45, 2.75) is 32.5 Å². The molecule has 0 spiro atoms. The molecule has 1 fully saturated rings. The predicted octanol–water partition coefficient (Wildman–Crippen LogP) is 8.19. The van der Waals surface area contributed by atoms with Crippen LogP contribution in [-0.2, 0) is 6.61 Å². The minimum Gasteiger partial charge on any atom is -0.495 e. The molecule has 5 aromatic carbocycles. The van der Waals surface area contributed by atoms with Gasteiger partial charge in [-0.15, -0.1) is 0 Å². The Morgan fingerprint density at radius 2 is 1.32 bits per heavy atom. The van der Waals surface area contributed by atoms with Crippen molar-refractivity contribution in [3.63, 3.8) is 0 Å². The van der Waals surface area contributed by atoms with Gasteiger partial charge in [-0.3, -0.25) is 9.59 Å². The Morgan fingerprint density at radius 3 is 1.98 bits per heavy atom. The second kappa shape index (κ2) is 14.7. The number of ether oxygens (including phenoxy) is 3. The van der Waals surface area contributed by atoms with Gasteiger partial charge >= 0.3 is 0 Å². The fourth-order valence-electron chi connectivity index (χ4n) is 5.58. The molecule has 1 aliphatic heterocycles.